The molecule has 0 aromatic heterocycles. The van der Waals surface area contributed by atoms with Gasteiger partial charge < -0.3 is 10.5 Å². The molecule has 0 radical (unpaired) electrons. The highest BCUT2D eigenvalue weighted by Gasteiger charge is 2.32. The van der Waals surface area contributed by atoms with E-state index in [4.69, 9.17) is 10.5 Å². The quantitative estimate of drug-likeness (QED) is 0.892. The lowest BCUT2D eigenvalue weighted by atomic mass is 9.99. The van der Waals surface area contributed by atoms with Crippen LogP contribution in [0.4, 0.5) is 4.39 Å². The molecular formula is C15H22FNO. The van der Waals surface area contributed by atoms with Crippen molar-refractivity contribution in [3.05, 3.63) is 35.6 Å². The van der Waals surface area contributed by atoms with Gasteiger partial charge in [-0.2, -0.15) is 0 Å². The Hall–Kier alpha value is -0.930. The third-order valence-electron chi connectivity index (χ3n) is 3.53. The molecule has 100 valence electrons. The van der Waals surface area contributed by atoms with E-state index in [1.165, 1.54) is 12.1 Å². The Balaban J connectivity index is 1.82. The van der Waals surface area contributed by atoms with E-state index < -0.39 is 0 Å². The molecule has 1 aliphatic heterocycles. The van der Waals surface area contributed by atoms with E-state index in [0.29, 0.717) is 0 Å². The minimum atomic E-state index is -0.201. The largest absolute Gasteiger partial charge is 0.372 e. The number of hydrogen-bond donors (Lipinski definition) is 1. The summed E-state index contributed by atoms with van der Waals surface area (Å²) in [5.74, 6) is -0.201. The molecule has 1 aromatic carbocycles. The van der Waals surface area contributed by atoms with Crippen molar-refractivity contribution in [3.63, 3.8) is 0 Å². The topological polar surface area (TPSA) is 35.2 Å². The molecule has 2 atom stereocenters. The number of rotatable bonds is 4. The molecular weight excluding hydrogens is 229 g/mol. The summed E-state index contributed by atoms with van der Waals surface area (Å²) in [7, 11) is 0. The maximum absolute atomic E-state index is 12.8. The Morgan fingerprint density at radius 1 is 1.39 bits per heavy atom. The molecule has 0 bridgehead atoms. The van der Waals surface area contributed by atoms with Crippen LogP contribution in [0.25, 0.3) is 0 Å². The first-order chi connectivity index (χ1) is 8.44. The van der Waals surface area contributed by atoms with Crippen LogP contribution in [0.15, 0.2) is 24.3 Å². The number of hydrogen-bond acceptors (Lipinski definition) is 2. The summed E-state index contributed by atoms with van der Waals surface area (Å²) in [5.41, 5.74) is 7.22. The van der Waals surface area contributed by atoms with Gasteiger partial charge in [0.1, 0.15) is 5.82 Å². The Morgan fingerprint density at radius 3 is 2.61 bits per heavy atom. The Morgan fingerprint density at radius 2 is 2.06 bits per heavy atom. The van der Waals surface area contributed by atoms with Crippen molar-refractivity contribution in [1.29, 1.82) is 0 Å². The van der Waals surface area contributed by atoms with Crippen LogP contribution in [0.2, 0.25) is 0 Å². The molecule has 2 nitrogen and oxygen atoms in total. The molecule has 3 heteroatoms. The average molecular weight is 251 g/mol. The second-order valence-electron chi connectivity index (χ2n) is 5.86. The molecule has 2 N–H and O–H groups in total. The lowest BCUT2D eigenvalue weighted by Gasteiger charge is -2.21. The molecule has 1 fully saturated rings. The van der Waals surface area contributed by atoms with E-state index >= 15 is 0 Å². The predicted octanol–water partition coefficient (Wildman–Crippen LogP) is 3.04. The van der Waals surface area contributed by atoms with Crippen LogP contribution in [-0.2, 0) is 11.2 Å². The van der Waals surface area contributed by atoms with Crippen LogP contribution in [0.3, 0.4) is 0 Å². The molecule has 1 aliphatic rings. The van der Waals surface area contributed by atoms with Crippen LogP contribution in [0.5, 0.6) is 0 Å². The highest BCUT2D eigenvalue weighted by atomic mass is 19.1. The van der Waals surface area contributed by atoms with Crippen molar-refractivity contribution in [2.75, 3.05) is 0 Å². The zero-order valence-corrected chi connectivity index (χ0v) is 11.2. The van der Waals surface area contributed by atoms with E-state index in [2.05, 4.69) is 13.8 Å². The first kappa shape index (κ1) is 13.5. The van der Waals surface area contributed by atoms with Crippen LogP contribution in [0, 0.1) is 5.82 Å². The fraction of sp³-hybridized carbons (Fsp3) is 0.600. The first-order valence-corrected chi connectivity index (χ1v) is 6.62. The lowest BCUT2D eigenvalue weighted by Crippen LogP contribution is -2.29. The number of benzene rings is 1. The zero-order chi connectivity index (χ0) is 13.2. The summed E-state index contributed by atoms with van der Waals surface area (Å²) in [6.07, 6.45) is 4.11. The summed E-state index contributed by atoms with van der Waals surface area (Å²) in [4.78, 5) is 0. The minimum absolute atomic E-state index is 0.000260. The highest BCUT2D eigenvalue weighted by molar-refractivity contribution is 5.17. The van der Waals surface area contributed by atoms with Crippen molar-refractivity contribution >= 4 is 0 Å². The molecule has 1 saturated heterocycles. The average Bonchev–Trinajstić information content (AvgIpc) is 2.61. The number of halogens is 1. The van der Waals surface area contributed by atoms with Crippen LogP contribution in [-0.4, -0.2) is 17.7 Å². The van der Waals surface area contributed by atoms with Crippen molar-refractivity contribution in [3.8, 4) is 0 Å². The Bertz CT molecular complexity index is 388. The van der Waals surface area contributed by atoms with Gasteiger partial charge in [-0.15, -0.1) is 0 Å². The Labute approximate surface area is 108 Å². The van der Waals surface area contributed by atoms with Gasteiger partial charge in [0.25, 0.3) is 0 Å². The third-order valence-corrected chi connectivity index (χ3v) is 3.53. The maximum Gasteiger partial charge on any atom is 0.123 e. The standard InChI is InChI=1S/C15H22FNO/c1-15(2)8-7-14(18-15)10-13(17)9-11-3-5-12(16)6-4-11/h3-6,13-14H,7-10,17H2,1-2H3. The molecule has 0 amide bonds. The summed E-state index contributed by atoms with van der Waals surface area (Å²) in [6.45, 7) is 4.25. The van der Waals surface area contributed by atoms with Crippen molar-refractivity contribution in [2.45, 2.75) is 57.3 Å². The van der Waals surface area contributed by atoms with Crippen molar-refractivity contribution in [2.24, 2.45) is 5.73 Å². The zero-order valence-electron chi connectivity index (χ0n) is 11.2. The number of nitrogens with two attached hydrogens (primary N) is 1. The second-order valence-corrected chi connectivity index (χ2v) is 5.86. The van der Waals surface area contributed by atoms with Gasteiger partial charge in [0, 0.05) is 6.04 Å². The summed E-state index contributed by atoms with van der Waals surface area (Å²) >= 11 is 0. The first-order valence-electron chi connectivity index (χ1n) is 6.62. The summed E-state index contributed by atoms with van der Waals surface area (Å²) in [5, 5.41) is 0. The van der Waals surface area contributed by atoms with Crippen LogP contribution < -0.4 is 5.73 Å². The van der Waals surface area contributed by atoms with Gasteiger partial charge in [-0.25, -0.2) is 4.39 Å². The summed E-state index contributed by atoms with van der Waals surface area (Å²) in [6, 6.07) is 6.65. The fourth-order valence-electron chi connectivity index (χ4n) is 2.59. The second kappa shape index (κ2) is 5.37. The van der Waals surface area contributed by atoms with Gasteiger partial charge in [0.2, 0.25) is 0 Å². The van der Waals surface area contributed by atoms with E-state index in [1.54, 1.807) is 12.1 Å². The van der Waals surface area contributed by atoms with Crippen LogP contribution >= 0.6 is 0 Å². The van der Waals surface area contributed by atoms with Gasteiger partial charge in [-0.3, -0.25) is 0 Å². The molecule has 0 spiro atoms. The smallest absolute Gasteiger partial charge is 0.123 e. The minimum Gasteiger partial charge on any atom is -0.372 e. The molecule has 1 heterocycles. The van der Waals surface area contributed by atoms with Crippen LogP contribution in [0.1, 0.15) is 38.7 Å². The van der Waals surface area contributed by atoms with Gasteiger partial charge >= 0.3 is 0 Å². The fourth-order valence-corrected chi connectivity index (χ4v) is 2.59. The predicted molar refractivity (Wildman–Crippen MR) is 70.9 cm³/mol. The SMILES string of the molecule is CC1(C)CCC(CC(N)Cc2ccc(F)cc2)O1. The lowest BCUT2D eigenvalue weighted by molar-refractivity contribution is -0.0205. The maximum atomic E-state index is 12.8. The van der Waals surface area contributed by atoms with Gasteiger partial charge in [-0.05, 0) is 57.2 Å². The van der Waals surface area contributed by atoms with E-state index in [0.717, 1.165) is 31.2 Å². The highest BCUT2D eigenvalue weighted by Crippen LogP contribution is 2.31. The van der Waals surface area contributed by atoms with E-state index in [-0.39, 0.29) is 23.6 Å². The molecule has 1 aromatic rings. The summed E-state index contributed by atoms with van der Waals surface area (Å²) < 4.78 is 18.7. The van der Waals surface area contributed by atoms with Gasteiger partial charge in [0.15, 0.2) is 0 Å². The molecule has 18 heavy (non-hydrogen) atoms. The number of ether oxygens (including phenoxy) is 1. The van der Waals surface area contributed by atoms with Gasteiger partial charge in [0.05, 0.1) is 11.7 Å². The van der Waals surface area contributed by atoms with E-state index in [1.807, 2.05) is 0 Å². The molecule has 0 aliphatic carbocycles. The van der Waals surface area contributed by atoms with Gasteiger partial charge in [-0.1, -0.05) is 12.1 Å². The monoisotopic (exact) mass is 251 g/mol. The molecule has 2 unspecified atom stereocenters. The van der Waals surface area contributed by atoms with Crippen molar-refractivity contribution in [1.82, 2.24) is 0 Å². The Kier molecular flexibility index (Phi) is 4.03. The molecule has 2 rings (SSSR count). The normalized spacial score (nSPS) is 24.1. The molecule has 0 saturated carbocycles. The van der Waals surface area contributed by atoms with E-state index in [9.17, 15) is 4.39 Å². The van der Waals surface area contributed by atoms with Crippen molar-refractivity contribution < 1.29 is 9.13 Å². The third kappa shape index (κ3) is 3.79.